The van der Waals surface area contributed by atoms with E-state index in [0.717, 1.165) is 46.5 Å². The lowest BCUT2D eigenvalue weighted by atomic mass is 10.0. The zero-order chi connectivity index (χ0) is 23.2. The third kappa shape index (κ3) is 5.81. The number of hydrogen-bond donors (Lipinski definition) is 1. The van der Waals surface area contributed by atoms with Gasteiger partial charge in [0.25, 0.3) is 0 Å². The summed E-state index contributed by atoms with van der Waals surface area (Å²) in [7, 11) is 0. The molecule has 172 valence electrons. The van der Waals surface area contributed by atoms with Gasteiger partial charge in [0.2, 0.25) is 0 Å². The second-order valence-electron chi connectivity index (χ2n) is 9.39. The molecule has 4 nitrogen and oxygen atoms in total. The molecule has 1 aliphatic carbocycles. The molecule has 0 aliphatic heterocycles. The van der Waals surface area contributed by atoms with Crippen LogP contribution in [0.2, 0.25) is 0 Å². The molecule has 2 aromatic carbocycles. The van der Waals surface area contributed by atoms with Gasteiger partial charge in [-0.2, -0.15) is 0 Å². The van der Waals surface area contributed by atoms with Gasteiger partial charge in [-0.3, -0.25) is 4.98 Å². The Morgan fingerprint density at radius 3 is 2.21 bits per heavy atom. The van der Waals surface area contributed by atoms with Gasteiger partial charge >= 0.3 is 6.03 Å². The predicted octanol–water partition coefficient (Wildman–Crippen LogP) is 7.43. The molecule has 0 spiro atoms. The molecule has 1 aliphatic rings. The number of urea groups is 1. The van der Waals surface area contributed by atoms with Gasteiger partial charge in [0.15, 0.2) is 0 Å². The number of aryl methyl sites for hydroxylation is 3. The van der Waals surface area contributed by atoms with E-state index in [2.05, 4.69) is 72.4 Å². The highest BCUT2D eigenvalue weighted by Crippen LogP contribution is 2.27. The number of hydrogen-bond acceptors (Lipinski definition) is 2. The molecule has 1 aromatic heterocycles. The van der Waals surface area contributed by atoms with Gasteiger partial charge in [-0.15, -0.1) is 0 Å². The second-order valence-corrected chi connectivity index (χ2v) is 9.39. The Hall–Kier alpha value is -3.14. The van der Waals surface area contributed by atoms with Gasteiger partial charge in [-0.1, -0.05) is 73.7 Å². The Kier molecular flexibility index (Phi) is 7.43. The van der Waals surface area contributed by atoms with Crippen LogP contribution in [0.25, 0.3) is 11.3 Å². The first-order valence-electron chi connectivity index (χ1n) is 12.2. The Labute approximate surface area is 198 Å². The zero-order valence-electron chi connectivity index (χ0n) is 20.1. The first kappa shape index (κ1) is 23.0. The summed E-state index contributed by atoms with van der Waals surface area (Å²) in [4.78, 5) is 20.1. The first-order valence-corrected chi connectivity index (χ1v) is 12.2. The maximum absolute atomic E-state index is 13.6. The maximum atomic E-state index is 13.6. The molecule has 1 saturated carbocycles. The quantitative estimate of drug-likeness (QED) is 0.418. The number of carbonyl (C=O) groups excluding carboxylic acids is 1. The van der Waals surface area contributed by atoms with Crippen LogP contribution in [-0.2, 0) is 6.54 Å². The van der Waals surface area contributed by atoms with Gasteiger partial charge in [-0.25, -0.2) is 4.79 Å². The molecule has 0 radical (unpaired) electrons. The number of amides is 2. The van der Waals surface area contributed by atoms with Crippen LogP contribution in [0, 0.1) is 20.8 Å². The minimum absolute atomic E-state index is 0.00533. The number of benzene rings is 2. The molecule has 0 saturated heterocycles. The average molecular weight is 442 g/mol. The average Bonchev–Trinajstić information content (AvgIpc) is 3.10. The molecule has 0 atom stereocenters. The monoisotopic (exact) mass is 441 g/mol. The van der Waals surface area contributed by atoms with E-state index in [1.54, 1.807) is 0 Å². The maximum Gasteiger partial charge on any atom is 0.322 e. The van der Waals surface area contributed by atoms with Crippen LogP contribution in [-0.4, -0.2) is 22.0 Å². The number of anilines is 1. The molecule has 0 unspecified atom stereocenters. The van der Waals surface area contributed by atoms with E-state index in [1.165, 1.54) is 31.2 Å². The van der Waals surface area contributed by atoms with E-state index in [-0.39, 0.29) is 12.1 Å². The van der Waals surface area contributed by atoms with Crippen molar-refractivity contribution in [1.82, 2.24) is 9.88 Å². The van der Waals surface area contributed by atoms with Crippen LogP contribution >= 0.6 is 0 Å². The molecular weight excluding hydrogens is 406 g/mol. The van der Waals surface area contributed by atoms with Crippen molar-refractivity contribution in [2.24, 2.45) is 0 Å². The predicted molar refractivity (Wildman–Crippen MR) is 136 cm³/mol. The highest BCUT2D eigenvalue weighted by molar-refractivity contribution is 5.91. The van der Waals surface area contributed by atoms with E-state index in [4.69, 9.17) is 0 Å². The smallest absolute Gasteiger partial charge is 0.317 e. The normalized spacial score (nSPS) is 14.5. The van der Waals surface area contributed by atoms with Crippen molar-refractivity contribution in [3.63, 3.8) is 0 Å². The first-order chi connectivity index (χ1) is 16.0. The highest BCUT2D eigenvalue weighted by Gasteiger charge is 2.25. The van der Waals surface area contributed by atoms with Crippen molar-refractivity contribution >= 4 is 11.7 Å². The Morgan fingerprint density at radius 1 is 0.939 bits per heavy atom. The summed E-state index contributed by atoms with van der Waals surface area (Å²) in [5.74, 6) is 0. The Morgan fingerprint density at radius 2 is 1.61 bits per heavy atom. The third-order valence-electron chi connectivity index (χ3n) is 6.70. The van der Waals surface area contributed by atoms with Gasteiger partial charge < -0.3 is 10.2 Å². The summed E-state index contributed by atoms with van der Waals surface area (Å²) in [5.41, 5.74) is 7.59. The van der Waals surface area contributed by atoms with Crippen molar-refractivity contribution in [3.8, 4) is 11.3 Å². The van der Waals surface area contributed by atoms with Crippen LogP contribution < -0.4 is 5.32 Å². The van der Waals surface area contributed by atoms with Gasteiger partial charge in [-0.05, 0) is 62.4 Å². The summed E-state index contributed by atoms with van der Waals surface area (Å²) in [6.45, 7) is 6.85. The number of rotatable bonds is 5. The molecule has 1 fully saturated rings. The topological polar surface area (TPSA) is 45.2 Å². The number of carbonyl (C=O) groups is 1. The lowest BCUT2D eigenvalue weighted by Gasteiger charge is -2.32. The summed E-state index contributed by atoms with van der Waals surface area (Å²) in [5, 5.41) is 3.26. The SMILES string of the molecule is Cc1cc(C)c(NC(=O)N(Cc2ccc(-c3ccccn3)cc2)C2CCCCCC2)c(C)c1. The fraction of sp³-hybridized carbons (Fsp3) is 0.379. The van der Waals surface area contributed by atoms with Crippen molar-refractivity contribution in [2.75, 3.05) is 5.32 Å². The summed E-state index contributed by atoms with van der Waals surface area (Å²) >= 11 is 0. The molecular formula is C29H35N3O. The van der Waals surface area contributed by atoms with Gasteiger partial charge in [0.1, 0.15) is 0 Å². The van der Waals surface area contributed by atoms with E-state index in [1.807, 2.05) is 24.4 Å². The molecule has 3 aromatic rings. The lowest BCUT2D eigenvalue weighted by Crippen LogP contribution is -2.42. The number of aromatic nitrogens is 1. The number of nitrogens with zero attached hydrogens (tertiary/aromatic N) is 2. The van der Waals surface area contributed by atoms with Crippen molar-refractivity contribution < 1.29 is 4.79 Å². The fourth-order valence-electron chi connectivity index (χ4n) is 5.00. The fourth-order valence-corrected chi connectivity index (χ4v) is 5.00. The van der Waals surface area contributed by atoms with E-state index in [0.29, 0.717) is 6.54 Å². The molecule has 1 heterocycles. The molecule has 2 amide bonds. The molecule has 4 rings (SSSR count). The van der Waals surface area contributed by atoms with Crippen LogP contribution in [0.4, 0.5) is 10.5 Å². The van der Waals surface area contributed by atoms with E-state index in [9.17, 15) is 4.79 Å². The zero-order valence-corrected chi connectivity index (χ0v) is 20.1. The third-order valence-corrected chi connectivity index (χ3v) is 6.70. The summed E-state index contributed by atoms with van der Waals surface area (Å²) < 4.78 is 0. The lowest BCUT2D eigenvalue weighted by molar-refractivity contribution is 0.175. The van der Waals surface area contributed by atoms with Crippen LogP contribution in [0.3, 0.4) is 0 Å². The molecule has 0 bridgehead atoms. The summed E-state index contributed by atoms with van der Waals surface area (Å²) in [6.07, 6.45) is 8.88. The van der Waals surface area contributed by atoms with Crippen LogP contribution in [0.5, 0.6) is 0 Å². The number of pyridine rings is 1. The Bertz CT molecular complexity index is 1040. The minimum Gasteiger partial charge on any atom is -0.317 e. The van der Waals surface area contributed by atoms with Crippen LogP contribution in [0.15, 0.2) is 60.8 Å². The van der Waals surface area contributed by atoms with Crippen LogP contribution in [0.1, 0.15) is 60.8 Å². The second kappa shape index (κ2) is 10.7. The highest BCUT2D eigenvalue weighted by atomic mass is 16.2. The van der Waals surface area contributed by atoms with Crippen molar-refractivity contribution in [2.45, 2.75) is 71.9 Å². The molecule has 4 heteroatoms. The molecule has 33 heavy (non-hydrogen) atoms. The van der Waals surface area contributed by atoms with Gasteiger partial charge in [0.05, 0.1) is 5.69 Å². The largest absolute Gasteiger partial charge is 0.322 e. The van der Waals surface area contributed by atoms with Gasteiger partial charge in [0, 0.05) is 30.0 Å². The Balaban J connectivity index is 1.56. The standard InChI is InChI=1S/C29H35N3O/c1-21-18-22(2)28(23(3)19-21)31-29(33)32(26-10-6-4-5-7-11-26)20-24-13-15-25(16-14-24)27-12-8-9-17-30-27/h8-9,12-19,26H,4-7,10-11,20H2,1-3H3,(H,31,33). The summed E-state index contributed by atoms with van der Waals surface area (Å²) in [6, 6.07) is 19.0. The molecule has 1 N–H and O–H groups in total. The minimum atomic E-state index is 0.00533. The van der Waals surface area contributed by atoms with E-state index < -0.39 is 0 Å². The number of nitrogens with one attached hydrogen (secondary N) is 1. The van der Waals surface area contributed by atoms with Crippen molar-refractivity contribution in [3.05, 3.63) is 83.0 Å². The van der Waals surface area contributed by atoms with E-state index >= 15 is 0 Å². The van der Waals surface area contributed by atoms with Crippen molar-refractivity contribution in [1.29, 1.82) is 0 Å².